The number of carbonyl (C=O) groups excluding carboxylic acids is 2. The maximum Gasteiger partial charge on any atom is 0.250 e. The van der Waals surface area contributed by atoms with Gasteiger partial charge in [-0.1, -0.05) is 41.9 Å². The molecule has 0 unspecified atom stereocenters. The molecule has 2 aromatic rings. The number of hydrogen-bond acceptors (Lipinski definition) is 2. The summed E-state index contributed by atoms with van der Waals surface area (Å²) in [5.74, 6) is -0.806. The highest BCUT2D eigenvalue weighted by molar-refractivity contribution is 6.31. The zero-order chi connectivity index (χ0) is 15.2. The zero-order valence-corrected chi connectivity index (χ0v) is 12.1. The van der Waals surface area contributed by atoms with Crippen LogP contribution in [0.3, 0.4) is 0 Å². The maximum atomic E-state index is 11.9. The molecule has 5 heteroatoms. The molecule has 0 aromatic heterocycles. The van der Waals surface area contributed by atoms with Gasteiger partial charge in [0.05, 0.1) is 11.3 Å². The lowest BCUT2D eigenvalue weighted by Crippen LogP contribution is -2.18. The van der Waals surface area contributed by atoms with Gasteiger partial charge in [0.25, 0.3) is 5.91 Å². The maximum absolute atomic E-state index is 11.9. The van der Waals surface area contributed by atoms with Crippen molar-refractivity contribution >= 4 is 29.1 Å². The minimum atomic E-state index is -0.629. The molecule has 0 aliphatic carbocycles. The van der Waals surface area contributed by atoms with E-state index in [1.165, 1.54) is 6.07 Å². The molecule has 0 radical (unpaired) electrons. The SMILES string of the molecule is NC(=O)c1cc(Cl)ccc1NC(=O)CCc1ccccc1. The molecule has 2 amide bonds. The van der Waals surface area contributed by atoms with E-state index in [9.17, 15) is 9.59 Å². The van der Waals surface area contributed by atoms with E-state index >= 15 is 0 Å². The van der Waals surface area contributed by atoms with Crippen molar-refractivity contribution in [1.29, 1.82) is 0 Å². The van der Waals surface area contributed by atoms with Crippen LogP contribution < -0.4 is 11.1 Å². The Kier molecular flexibility index (Phi) is 4.95. The molecule has 0 saturated carbocycles. The molecule has 0 aliphatic heterocycles. The highest BCUT2D eigenvalue weighted by Crippen LogP contribution is 2.20. The Hall–Kier alpha value is -2.33. The highest BCUT2D eigenvalue weighted by atomic mass is 35.5. The van der Waals surface area contributed by atoms with Crippen molar-refractivity contribution in [2.45, 2.75) is 12.8 Å². The van der Waals surface area contributed by atoms with E-state index in [2.05, 4.69) is 5.32 Å². The van der Waals surface area contributed by atoms with Crippen LogP contribution in [0.25, 0.3) is 0 Å². The predicted molar refractivity (Wildman–Crippen MR) is 83.4 cm³/mol. The summed E-state index contributed by atoms with van der Waals surface area (Å²) < 4.78 is 0. The van der Waals surface area contributed by atoms with Crippen LogP contribution in [-0.4, -0.2) is 11.8 Å². The van der Waals surface area contributed by atoms with Crippen molar-refractivity contribution in [2.75, 3.05) is 5.32 Å². The van der Waals surface area contributed by atoms with Crippen molar-refractivity contribution in [3.05, 3.63) is 64.7 Å². The lowest BCUT2D eigenvalue weighted by Gasteiger charge is -2.09. The Morgan fingerprint density at radius 1 is 1.10 bits per heavy atom. The van der Waals surface area contributed by atoms with E-state index in [4.69, 9.17) is 17.3 Å². The molecule has 108 valence electrons. The molecule has 21 heavy (non-hydrogen) atoms. The van der Waals surface area contributed by atoms with Crippen molar-refractivity contribution in [3.63, 3.8) is 0 Å². The smallest absolute Gasteiger partial charge is 0.250 e. The number of hydrogen-bond donors (Lipinski definition) is 2. The highest BCUT2D eigenvalue weighted by Gasteiger charge is 2.11. The molecule has 2 rings (SSSR count). The number of primary amides is 1. The van der Waals surface area contributed by atoms with Crippen LogP contribution in [0.4, 0.5) is 5.69 Å². The Balaban J connectivity index is 2.01. The van der Waals surface area contributed by atoms with E-state index in [0.717, 1.165) is 5.56 Å². The minimum Gasteiger partial charge on any atom is -0.366 e. The van der Waals surface area contributed by atoms with Gasteiger partial charge in [-0.25, -0.2) is 0 Å². The summed E-state index contributed by atoms with van der Waals surface area (Å²) in [4.78, 5) is 23.3. The van der Waals surface area contributed by atoms with Gasteiger partial charge < -0.3 is 11.1 Å². The lowest BCUT2D eigenvalue weighted by atomic mass is 10.1. The van der Waals surface area contributed by atoms with E-state index in [1.54, 1.807) is 12.1 Å². The van der Waals surface area contributed by atoms with Gasteiger partial charge in [0.2, 0.25) is 5.91 Å². The summed E-state index contributed by atoms with van der Waals surface area (Å²) in [6.45, 7) is 0. The molecule has 3 N–H and O–H groups in total. The normalized spacial score (nSPS) is 10.1. The van der Waals surface area contributed by atoms with Gasteiger partial charge in [-0.2, -0.15) is 0 Å². The van der Waals surface area contributed by atoms with Gasteiger partial charge in [-0.05, 0) is 30.2 Å². The number of nitrogens with two attached hydrogens (primary N) is 1. The van der Waals surface area contributed by atoms with Crippen molar-refractivity contribution < 1.29 is 9.59 Å². The van der Waals surface area contributed by atoms with Gasteiger partial charge in [0.15, 0.2) is 0 Å². The second kappa shape index (κ2) is 6.90. The Morgan fingerprint density at radius 3 is 2.48 bits per heavy atom. The molecule has 0 saturated heterocycles. The van der Waals surface area contributed by atoms with Crippen LogP contribution in [0.1, 0.15) is 22.3 Å². The summed E-state index contributed by atoms with van der Waals surface area (Å²) in [6, 6.07) is 14.3. The van der Waals surface area contributed by atoms with Gasteiger partial charge in [-0.15, -0.1) is 0 Å². The molecular weight excluding hydrogens is 288 g/mol. The molecular formula is C16H15ClN2O2. The largest absolute Gasteiger partial charge is 0.366 e. The predicted octanol–water partition coefficient (Wildman–Crippen LogP) is 3.01. The molecule has 0 aliphatic rings. The number of rotatable bonds is 5. The van der Waals surface area contributed by atoms with E-state index in [-0.39, 0.29) is 11.5 Å². The van der Waals surface area contributed by atoms with E-state index in [1.807, 2.05) is 30.3 Å². The fourth-order valence-electron chi connectivity index (χ4n) is 1.94. The number of aryl methyl sites for hydroxylation is 1. The third kappa shape index (κ3) is 4.33. The third-order valence-electron chi connectivity index (χ3n) is 3.00. The first-order valence-corrected chi connectivity index (χ1v) is 6.87. The van der Waals surface area contributed by atoms with Crippen molar-refractivity contribution in [2.24, 2.45) is 5.73 Å². The number of anilines is 1. The molecule has 0 heterocycles. The second-order valence-corrected chi connectivity index (χ2v) is 5.02. The molecule has 0 spiro atoms. The number of carbonyl (C=O) groups is 2. The molecule has 0 fully saturated rings. The molecule has 0 atom stereocenters. The standard InChI is InChI=1S/C16H15ClN2O2/c17-12-7-8-14(13(10-12)16(18)21)19-15(20)9-6-11-4-2-1-3-5-11/h1-5,7-8,10H,6,9H2,(H2,18,21)(H,19,20). The quantitative estimate of drug-likeness (QED) is 0.891. The first-order valence-electron chi connectivity index (χ1n) is 6.49. The first kappa shape index (κ1) is 15.1. The van der Waals surface area contributed by atoms with Crippen LogP contribution in [-0.2, 0) is 11.2 Å². The van der Waals surface area contributed by atoms with Gasteiger partial charge in [0, 0.05) is 11.4 Å². The summed E-state index contributed by atoms with van der Waals surface area (Å²) >= 11 is 5.82. The molecule has 4 nitrogen and oxygen atoms in total. The number of nitrogens with one attached hydrogen (secondary N) is 1. The van der Waals surface area contributed by atoms with Gasteiger partial charge in [0.1, 0.15) is 0 Å². The minimum absolute atomic E-state index is 0.177. The van der Waals surface area contributed by atoms with Crippen LogP contribution in [0.2, 0.25) is 5.02 Å². The van der Waals surface area contributed by atoms with Crippen molar-refractivity contribution in [1.82, 2.24) is 0 Å². The second-order valence-electron chi connectivity index (χ2n) is 4.59. The first-order chi connectivity index (χ1) is 10.1. The lowest BCUT2D eigenvalue weighted by molar-refractivity contribution is -0.116. The van der Waals surface area contributed by atoms with Gasteiger partial charge in [-0.3, -0.25) is 9.59 Å². The zero-order valence-electron chi connectivity index (χ0n) is 11.3. The third-order valence-corrected chi connectivity index (χ3v) is 3.24. The average Bonchev–Trinajstić information content (AvgIpc) is 2.48. The number of amides is 2. The van der Waals surface area contributed by atoms with Crippen LogP contribution in [0.15, 0.2) is 48.5 Å². The summed E-state index contributed by atoms with van der Waals surface area (Å²) in [7, 11) is 0. The van der Waals surface area contributed by atoms with E-state index < -0.39 is 5.91 Å². The monoisotopic (exact) mass is 302 g/mol. The Labute approximate surface area is 127 Å². The van der Waals surface area contributed by atoms with E-state index in [0.29, 0.717) is 23.6 Å². The summed E-state index contributed by atoms with van der Waals surface area (Å²) in [5.41, 5.74) is 6.94. The fraction of sp³-hybridized carbons (Fsp3) is 0.125. The van der Waals surface area contributed by atoms with Crippen LogP contribution in [0, 0.1) is 0 Å². The van der Waals surface area contributed by atoms with Crippen LogP contribution in [0.5, 0.6) is 0 Å². The van der Waals surface area contributed by atoms with Gasteiger partial charge >= 0.3 is 0 Å². The fourth-order valence-corrected chi connectivity index (χ4v) is 2.12. The van der Waals surface area contributed by atoms with Crippen molar-refractivity contribution in [3.8, 4) is 0 Å². The summed E-state index contributed by atoms with van der Waals surface area (Å²) in [5, 5.41) is 3.09. The molecule has 2 aromatic carbocycles. The average molecular weight is 303 g/mol. The number of halogens is 1. The summed E-state index contributed by atoms with van der Waals surface area (Å²) in [6.07, 6.45) is 0.955. The Bertz CT molecular complexity index is 657. The van der Waals surface area contributed by atoms with Crippen LogP contribution >= 0.6 is 11.6 Å². The Morgan fingerprint density at radius 2 is 1.81 bits per heavy atom. The number of benzene rings is 2. The topological polar surface area (TPSA) is 72.2 Å². The molecule has 0 bridgehead atoms.